The summed E-state index contributed by atoms with van der Waals surface area (Å²) in [5, 5.41) is 2.92. The average Bonchev–Trinajstić information content (AvgIpc) is 3.36. The molecule has 2 aromatic heterocycles. The highest BCUT2D eigenvalue weighted by atomic mass is 16.4. The summed E-state index contributed by atoms with van der Waals surface area (Å²) in [6.45, 7) is 1.69. The number of oxazole rings is 1. The summed E-state index contributed by atoms with van der Waals surface area (Å²) in [4.78, 5) is 44.1. The zero-order chi connectivity index (χ0) is 20.1. The first kappa shape index (κ1) is 17.2. The molecule has 144 valence electrons. The Morgan fingerprint density at radius 3 is 2.52 bits per heavy atom. The van der Waals surface area contributed by atoms with Gasteiger partial charge in [-0.3, -0.25) is 24.4 Å². The number of aromatic nitrogens is 3. The van der Waals surface area contributed by atoms with Crippen LogP contribution in [0.15, 0.2) is 63.8 Å². The van der Waals surface area contributed by atoms with Gasteiger partial charge in [0.15, 0.2) is 5.58 Å². The SMILES string of the molecule is Cc1[nH]n(-c2nc3ccccc3o2)c(=O)c1[C@@H]1CC(=O)N(c2ccccc2)C1=O. The number of nitrogens with one attached hydrogen (secondary N) is 1. The maximum atomic E-state index is 13.1. The quantitative estimate of drug-likeness (QED) is 0.544. The van der Waals surface area contributed by atoms with Gasteiger partial charge in [0.05, 0.1) is 17.2 Å². The van der Waals surface area contributed by atoms with E-state index in [1.54, 1.807) is 49.4 Å². The molecule has 0 bridgehead atoms. The Bertz CT molecular complexity index is 1280. The lowest BCUT2D eigenvalue weighted by atomic mass is 9.98. The maximum absolute atomic E-state index is 13.1. The summed E-state index contributed by atoms with van der Waals surface area (Å²) in [6, 6.07) is 16.0. The van der Waals surface area contributed by atoms with Crippen LogP contribution < -0.4 is 10.5 Å². The number of aryl methyl sites for hydroxylation is 1. The van der Waals surface area contributed by atoms with E-state index < -0.39 is 17.4 Å². The lowest BCUT2D eigenvalue weighted by Gasteiger charge is -2.14. The summed E-state index contributed by atoms with van der Waals surface area (Å²) in [5.74, 6) is -1.60. The van der Waals surface area contributed by atoms with Gasteiger partial charge < -0.3 is 4.42 Å². The summed E-state index contributed by atoms with van der Waals surface area (Å²) in [6.07, 6.45) is -0.0603. The summed E-state index contributed by atoms with van der Waals surface area (Å²) in [7, 11) is 0. The Hall–Kier alpha value is -3.94. The van der Waals surface area contributed by atoms with Crippen molar-refractivity contribution in [2.24, 2.45) is 0 Å². The van der Waals surface area contributed by atoms with Crippen LogP contribution in [0.1, 0.15) is 23.6 Å². The Kier molecular flexibility index (Phi) is 3.73. The van der Waals surface area contributed by atoms with Crippen molar-refractivity contribution in [3.05, 3.63) is 76.2 Å². The second kappa shape index (κ2) is 6.30. The van der Waals surface area contributed by atoms with Crippen molar-refractivity contribution in [1.29, 1.82) is 0 Å². The van der Waals surface area contributed by atoms with Crippen LogP contribution in [0.3, 0.4) is 0 Å². The number of carbonyl (C=O) groups excluding carboxylic acids is 2. The van der Waals surface area contributed by atoms with Gasteiger partial charge in [-0.25, -0.2) is 0 Å². The van der Waals surface area contributed by atoms with Gasteiger partial charge in [-0.05, 0) is 31.2 Å². The number of hydrogen-bond acceptors (Lipinski definition) is 5. The van der Waals surface area contributed by atoms with Gasteiger partial charge in [0.2, 0.25) is 11.8 Å². The summed E-state index contributed by atoms with van der Waals surface area (Å²) < 4.78 is 6.84. The highest BCUT2D eigenvalue weighted by Gasteiger charge is 2.43. The maximum Gasteiger partial charge on any atom is 0.325 e. The minimum absolute atomic E-state index is 0.0603. The van der Waals surface area contributed by atoms with Crippen LogP contribution in [0.2, 0.25) is 0 Å². The number of nitrogens with zero attached hydrogens (tertiary/aromatic N) is 3. The topological polar surface area (TPSA) is 101 Å². The highest BCUT2D eigenvalue weighted by molar-refractivity contribution is 6.22. The van der Waals surface area contributed by atoms with E-state index in [1.165, 1.54) is 4.68 Å². The number of amides is 2. The van der Waals surface area contributed by atoms with Crippen molar-refractivity contribution in [3.8, 4) is 6.01 Å². The molecule has 29 heavy (non-hydrogen) atoms. The van der Waals surface area contributed by atoms with Crippen LogP contribution in [0, 0.1) is 6.92 Å². The Morgan fingerprint density at radius 1 is 1.03 bits per heavy atom. The minimum atomic E-state index is -0.850. The molecule has 2 aromatic carbocycles. The lowest BCUT2D eigenvalue weighted by Crippen LogP contribution is -2.31. The number of aromatic amines is 1. The van der Waals surface area contributed by atoms with Gasteiger partial charge in [0.1, 0.15) is 5.52 Å². The van der Waals surface area contributed by atoms with Crippen LogP contribution >= 0.6 is 0 Å². The third kappa shape index (κ3) is 2.60. The van der Waals surface area contributed by atoms with Crippen molar-refractivity contribution in [2.75, 3.05) is 4.90 Å². The number of benzene rings is 2. The number of para-hydroxylation sites is 3. The van der Waals surface area contributed by atoms with Gasteiger partial charge in [0.25, 0.3) is 5.56 Å². The van der Waals surface area contributed by atoms with Crippen LogP contribution in [-0.2, 0) is 9.59 Å². The zero-order valence-electron chi connectivity index (χ0n) is 15.5. The molecule has 2 amide bonds. The molecule has 0 unspecified atom stereocenters. The van der Waals surface area contributed by atoms with E-state index in [1.807, 2.05) is 12.1 Å². The van der Waals surface area contributed by atoms with Gasteiger partial charge in [-0.1, -0.05) is 30.3 Å². The fraction of sp³-hybridized carbons (Fsp3) is 0.143. The van der Waals surface area contributed by atoms with E-state index >= 15 is 0 Å². The van der Waals surface area contributed by atoms with E-state index in [0.717, 1.165) is 4.90 Å². The number of H-pyrrole nitrogens is 1. The van der Waals surface area contributed by atoms with E-state index in [9.17, 15) is 14.4 Å². The number of rotatable bonds is 3. The average molecular weight is 388 g/mol. The summed E-state index contributed by atoms with van der Waals surface area (Å²) in [5.41, 5.74) is 1.96. The van der Waals surface area contributed by atoms with Crippen LogP contribution in [0.4, 0.5) is 5.69 Å². The Morgan fingerprint density at radius 2 is 1.76 bits per heavy atom. The van der Waals surface area contributed by atoms with Crippen molar-refractivity contribution in [2.45, 2.75) is 19.3 Å². The molecule has 5 rings (SSSR count). The third-order valence-corrected chi connectivity index (χ3v) is 5.10. The number of imide groups is 1. The number of hydrogen-bond donors (Lipinski definition) is 1. The second-order valence-electron chi connectivity index (χ2n) is 6.91. The molecular weight excluding hydrogens is 372 g/mol. The van der Waals surface area contributed by atoms with E-state index in [-0.39, 0.29) is 23.9 Å². The number of fused-ring (bicyclic) bond motifs is 1. The summed E-state index contributed by atoms with van der Waals surface area (Å²) >= 11 is 0. The van der Waals surface area contributed by atoms with Crippen molar-refractivity contribution < 1.29 is 14.0 Å². The standard InChI is InChI=1S/C21H16N4O4/c1-12-18(14-11-17(26)24(19(14)27)13-7-3-2-4-8-13)20(28)25(23-12)21-22-15-9-5-6-10-16(15)29-21/h2-10,14,23H,11H2,1H3/t14-/m0/s1. The number of anilines is 1. The first-order chi connectivity index (χ1) is 14.0. The normalized spacial score (nSPS) is 16.9. The smallest absolute Gasteiger partial charge is 0.325 e. The third-order valence-electron chi connectivity index (χ3n) is 5.10. The van der Waals surface area contributed by atoms with Crippen molar-refractivity contribution in [3.63, 3.8) is 0 Å². The van der Waals surface area contributed by atoms with Crippen LogP contribution in [-0.4, -0.2) is 26.6 Å². The molecule has 0 aliphatic carbocycles. The Balaban J connectivity index is 1.57. The molecular formula is C21H16N4O4. The first-order valence-corrected chi connectivity index (χ1v) is 9.14. The second-order valence-corrected chi connectivity index (χ2v) is 6.91. The molecule has 0 saturated carbocycles. The monoisotopic (exact) mass is 388 g/mol. The zero-order valence-corrected chi connectivity index (χ0v) is 15.5. The molecule has 8 nitrogen and oxygen atoms in total. The van der Waals surface area contributed by atoms with E-state index in [4.69, 9.17) is 4.42 Å². The predicted octanol–water partition coefficient (Wildman–Crippen LogP) is 2.66. The highest BCUT2D eigenvalue weighted by Crippen LogP contribution is 2.33. The van der Waals surface area contributed by atoms with Gasteiger partial charge >= 0.3 is 6.01 Å². The van der Waals surface area contributed by atoms with Crippen molar-refractivity contribution >= 4 is 28.6 Å². The molecule has 4 aromatic rings. The van der Waals surface area contributed by atoms with Gasteiger partial charge in [0, 0.05) is 12.1 Å². The van der Waals surface area contributed by atoms with Crippen LogP contribution in [0.25, 0.3) is 17.1 Å². The predicted molar refractivity (Wildman–Crippen MR) is 105 cm³/mol. The van der Waals surface area contributed by atoms with Crippen molar-refractivity contribution in [1.82, 2.24) is 14.8 Å². The first-order valence-electron chi connectivity index (χ1n) is 9.14. The largest absolute Gasteiger partial charge is 0.422 e. The fourth-order valence-corrected chi connectivity index (χ4v) is 3.77. The molecule has 1 aliphatic heterocycles. The molecule has 1 fully saturated rings. The van der Waals surface area contributed by atoms with E-state index in [2.05, 4.69) is 10.1 Å². The Labute approximate surface area is 164 Å². The molecule has 1 atom stereocenters. The molecule has 1 N–H and O–H groups in total. The molecule has 0 spiro atoms. The molecule has 0 radical (unpaired) electrons. The minimum Gasteiger partial charge on any atom is -0.422 e. The molecule has 3 heterocycles. The van der Waals surface area contributed by atoms with Crippen LogP contribution in [0.5, 0.6) is 0 Å². The van der Waals surface area contributed by atoms with Gasteiger partial charge in [-0.2, -0.15) is 9.67 Å². The van der Waals surface area contributed by atoms with E-state index in [0.29, 0.717) is 22.5 Å². The molecule has 1 aliphatic rings. The molecule has 1 saturated heterocycles. The lowest BCUT2D eigenvalue weighted by molar-refractivity contribution is -0.121. The van der Waals surface area contributed by atoms with Gasteiger partial charge in [-0.15, -0.1) is 0 Å². The molecule has 8 heteroatoms. The fourth-order valence-electron chi connectivity index (χ4n) is 3.77. The number of carbonyl (C=O) groups is 2.